The third-order valence-corrected chi connectivity index (χ3v) is 6.11. The van der Waals surface area contributed by atoms with E-state index in [2.05, 4.69) is 20.6 Å². The van der Waals surface area contributed by atoms with Crippen LogP contribution in [0, 0.1) is 0 Å². The highest BCUT2D eigenvalue weighted by molar-refractivity contribution is 7.90. The quantitative estimate of drug-likeness (QED) is 0.336. The van der Waals surface area contributed by atoms with Crippen molar-refractivity contribution in [1.82, 2.24) is 25.5 Å². The number of nitrogens with zero attached hydrogens (tertiary/aromatic N) is 3. The summed E-state index contributed by atoms with van der Waals surface area (Å²) in [6.45, 7) is 1.89. The number of carbonyl (C=O) groups excluding carboxylic acids is 2. The number of sulfone groups is 1. The molecule has 2 rings (SSSR count). The first-order valence-corrected chi connectivity index (χ1v) is 12.3. The van der Waals surface area contributed by atoms with Crippen molar-refractivity contribution in [2.75, 3.05) is 50.9 Å². The summed E-state index contributed by atoms with van der Waals surface area (Å²) in [6.07, 6.45) is 1.96. The summed E-state index contributed by atoms with van der Waals surface area (Å²) in [7, 11) is -1.37. The van der Waals surface area contributed by atoms with Crippen LogP contribution >= 0.6 is 11.6 Å². The summed E-state index contributed by atoms with van der Waals surface area (Å²) in [5.41, 5.74) is 11.9. The van der Waals surface area contributed by atoms with Gasteiger partial charge in [-0.05, 0) is 31.2 Å². The van der Waals surface area contributed by atoms with E-state index in [1.54, 1.807) is 24.3 Å². The summed E-state index contributed by atoms with van der Waals surface area (Å²) >= 11 is 5.78. The molecular weight excluding hydrogens is 470 g/mol. The topological polar surface area (TPSA) is 173 Å². The average Bonchev–Trinajstić information content (AvgIpc) is 2.74. The Morgan fingerprint density at radius 2 is 1.64 bits per heavy atom. The molecule has 13 heteroatoms. The lowest BCUT2D eigenvalue weighted by Gasteiger charge is -2.17. The molecule has 6 N–H and O–H groups in total. The number of likely N-dealkylation sites (N-methyl/N-ethyl adjacent to an activating group) is 1. The monoisotopic (exact) mass is 497 g/mol. The van der Waals surface area contributed by atoms with Crippen LogP contribution in [0.1, 0.15) is 22.5 Å². The Balaban J connectivity index is 1.64. The van der Waals surface area contributed by atoms with Crippen molar-refractivity contribution in [3.8, 4) is 0 Å². The van der Waals surface area contributed by atoms with Crippen LogP contribution in [0.3, 0.4) is 0 Å². The lowest BCUT2D eigenvalue weighted by atomic mass is 10.1. The molecule has 0 atom stereocenters. The first-order valence-electron chi connectivity index (χ1n) is 10.1. The molecular formula is C20H28ClN7O4S. The Kier molecular flexibility index (Phi) is 9.38. The minimum Gasteiger partial charge on any atom is -0.382 e. The van der Waals surface area contributed by atoms with Crippen LogP contribution in [-0.4, -0.2) is 74.6 Å². The van der Waals surface area contributed by atoms with Crippen LogP contribution in [-0.2, 0) is 21.1 Å². The molecule has 1 aromatic heterocycles. The zero-order valence-corrected chi connectivity index (χ0v) is 20.0. The summed E-state index contributed by atoms with van der Waals surface area (Å²) in [6, 6.07) is 6.50. The highest BCUT2D eigenvalue weighted by Crippen LogP contribution is 2.17. The van der Waals surface area contributed by atoms with Gasteiger partial charge in [0, 0.05) is 38.9 Å². The van der Waals surface area contributed by atoms with Crippen LogP contribution in [0.15, 0.2) is 29.2 Å². The van der Waals surface area contributed by atoms with Crippen molar-refractivity contribution in [3.63, 3.8) is 0 Å². The zero-order chi connectivity index (χ0) is 24.6. The Labute approximate surface area is 197 Å². The lowest BCUT2D eigenvalue weighted by molar-refractivity contribution is -0.121. The molecule has 0 unspecified atom stereocenters. The first kappa shape index (κ1) is 26.3. The maximum atomic E-state index is 12.2. The van der Waals surface area contributed by atoms with Crippen LogP contribution in [0.2, 0.25) is 5.15 Å². The van der Waals surface area contributed by atoms with E-state index in [-0.39, 0.29) is 33.3 Å². The van der Waals surface area contributed by atoms with E-state index < -0.39 is 15.7 Å². The van der Waals surface area contributed by atoms with Crippen molar-refractivity contribution in [2.45, 2.75) is 17.7 Å². The summed E-state index contributed by atoms with van der Waals surface area (Å²) < 4.78 is 23.0. The number of amides is 2. The van der Waals surface area contributed by atoms with Gasteiger partial charge in [0.05, 0.1) is 4.90 Å². The van der Waals surface area contributed by atoms with Crippen molar-refractivity contribution in [1.29, 1.82) is 0 Å². The number of hydrogen-bond acceptors (Lipinski definition) is 9. The lowest BCUT2D eigenvalue weighted by Crippen LogP contribution is -2.38. The fourth-order valence-electron chi connectivity index (χ4n) is 2.80. The molecule has 2 aromatic rings. The number of benzene rings is 1. The second kappa shape index (κ2) is 11.8. The van der Waals surface area contributed by atoms with E-state index in [0.717, 1.165) is 11.8 Å². The number of nitrogens with two attached hydrogens (primary N) is 2. The smallest absolute Gasteiger partial charge is 0.273 e. The minimum absolute atomic E-state index is 0.0441. The van der Waals surface area contributed by atoms with E-state index >= 15 is 0 Å². The number of nitrogens with one attached hydrogen (secondary N) is 2. The van der Waals surface area contributed by atoms with Gasteiger partial charge < -0.3 is 27.0 Å². The van der Waals surface area contributed by atoms with E-state index in [0.29, 0.717) is 39.0 Å². The van der Waals surface area contributed by atoms with Gasteiger partial charge in [-0.3, -0.25) is 9.59 Å². The third-order valence-electron chi connectivity index (χ3n) is 4.71. The summed E-state index contributed by atoms with van der Waals surface area (Å²) in [5, 5.41) is 5.43. The molecule has 0 radical (unpaired) electrons. The normalized spacial score (nSPS) is 11.4. The van der Waals surface area contributed by atoms with Gasteiger partial charge in [0.1, 0.15) is 0 Å². The second-order valence-electron chi connectivity index (χ2n) is 7.46. The number of halogens is 1. The van der Waals surface area contributed by atoms with Crippen molar-refractivity contribution >= 4 is 44.9 Å². The van der Waals surface area contributed by atoms with Crippen molar-refractivity contribution in [3.05, 3.63) is 40.7 Å². The van der Waals surface area contributed by atoms with Gasteiger partial charge in [-0.2, -0.15) is 0 Å². The second-order valence-corrected chi connectivity index (χ2v) is 9.83. The third kappa shape index (κ3) is 8.48. The zero-order valence-electron chi connectivity index (χ0n) is 18.5. The van der Waals surface area contributed by atoms with Gasteiger partial charge in [0.2, 0.25) is 5.91 Å². The van der Waals surface area contributed by atoms with E-state index in [1.165, 1.54) is 0 Å². The highest BCUT2D eigenvalue weighted by atomic mass is 35.5. The van der Waals surface area contributed by atoms with E-state index in [9.17, 15) is 18.0 Å². The number of hydrogen-bond donors (Lipinski definition) is 4. The predicted octanol–water partition coefficient (Wildman–Crippen LogP) is 0.109. The fraction of sp³-hybridized carbons (Fsp3) is 0.400. The maximum absolute atomic E-state index is 12.2. The van der Waals surface area contributed by atoms with Crippen LogP contribution in [0.5, 0.6) is 0 Å². The molecule has 2 amide bonds. The molecule has 0 aliphatic rings. The molecule has 11 nitrogen and oxygen atoms in total. The van der Waals surface area contributed by atoms with Crippen molar-refractivity contribution < 1.29 is 18.0 Å². The minimum atomic E-state index is -3.23. The SMILES string of the molecule is CN(CCNC(=O)CCc1ccc(S(C)(=O)=O)cc1)CCNC(=O)c1nc(Cl)c(N)nc1N. The molecule has 0 bridgehead atoms. The summed E-state index contributed by atoms with van der Waals surface area (Å²) in [5.74, 6) is -0.750. The molecule has 180 valence electrons. The van der Waals surface area contributed by atoms with Crippen molar-refractivity contribution in [2.24, 2.45) is 0 Å². The highest BCUT2D eigenvalue weighted by Gasteiger charge is 2.15. The number of nitrogen functional groups attached to an aromatic ring is 2. The molecule has 0 aliphatic heterocycles. The van der Waals surface area contributed by atoms with Gasteiger partial charge in [0.15, 0.2) is 32.3 Å². The first-order chi connectivity index (χ1) is 15.5. The average molecular weight is 498 g/mol. The molecule has 33 heavy (non-hydrogen) atoms. The number of aryl methyl sites for hydroxylation is 1. The molecule has 0 saturated carbocycles. The number of carbonyl (C=O) groups is 2. The predicted molar refractivity (Wildman–Crippen MR) is 127 cm³/mol. The van der Waals surface area contributed by atoms with Gasteiger partial charge in [-0.15, -0.1) is 0 Å². The largest absolute Gasteiger partial charge is 0.382 e. The van der Waals surface area contributed by atoms with Gasteiger partial charge in [0.25, 0.3) is 5.91 Å². The van der Waals surface area contributed by atoms with E-state index in [1.807, 2.05) is 11.9 Å². The number of anilines is 2. The Morgan fingerprint density at radius 1 is 1.03 bits per heavy atom. The molecule has 0 aliphatic carbocycles. The molecule has 0 saturated heterocycles. The van der Waals surface area contributed by atoms with Gasteiger partial charge in [-0.1, -0.05) is 23.7 Å². The van der Waals surface area contributed by atoms with Gasteiger partial charge >= 0.3 is 0 Å². The Hall–Kier alpha value is -2.96. The van der Waals surface area contributed by atoms with Crippen LogP contribution in [0.4, 0.5) is 11.6 Å². The Bertz CT molecular complexity index is 1090. The molecule has 0 spiro atoms. The molecule has 0 fully saturated rings. The number of rotatable bonds is 11. The van der Waals surface area contributed by atoms with Crippen LogP contribution < -0.4 is 22.1 Å². The maximum Gasteiger partial charge on any atom is 0.273 e. The summed E-state index contributed by atoms with van der Waals surface area (Å²) in [4.78, 5) is 34.0. The Morgan fingerprint density at radius 3 is 2.24 bits per heavy atom. The fourth-order valence-corrected chi connectivity index (χ4v) is 3.56. The molecule has 1 heterocycles. The molecule has 1 aromatic carbocycles. The standard InChI is InChI=1S/C20H28ClN7O4S/c1-28(12-10-25-20(30)16-18(22)27-19(23)17(21)26-16)11-9-24-15(29)8-5-13-3-6-14(7-4-13)33(2,31)32/h3-4,6-7H,5,8-12H2,1-2H3,(H,24,29)(H,25,30)(H4,22,23,27). The van der Waals surface area contributed by atoms with E-state index in [4.69, 9.17) is 23.1 Å². The number of aromatic nitrogens is 2. The van der Waals surface area contributed by atoms with Gasteiger partial charge in [-0.25, -0.2) is 18.4 Å². The van der Waals surface area contributed by atoms with Crippen LogP contribution in [0.25, 0.3) is 0 Å².